The molecule has 12 aromatic rings. The number of hydrogen-bond acceptors (Lipinski definition) is 20. The van der Waals surface area contributed by atoms with Crippen molar-refractivity contribution in [3.63, 3.8) is 0 Å². The third-order valence-electron chi connectivity index (χ3n) is 21.2. The number of fused-ring (bicyclic) bond motifs is 4. The molecule has 122 heavy (non-hydrogen) atoms. The first kappa shape index (κ1) is 94.6. The highest BCUT2D eigenvalue weighted by molar-refractivity contribution is 6.04. The molecule has 0 aliphatic carbocycles. The Balaban J connectivity index is 0.000000185. The third kappa shape index (κ3) is 23.7. The predicted octanol–water partition coefficient (Wildman–Crippen LogP) is 20.6. The lowest BCUT2D eigenvalue weighted by molar-refractivity contribution is 0.0525. The van der Waals surface area contributed by atoms with Crippen molar-refractivity contribution in [2.24, 2.45) is 22.7 Å². The summed E-state index contributed by atoms with van der Waals surface area (Å²) < 4.78 is 81.0. The van der Waals surface area contributed by atoms with Crippen LogP contribution in [-0.4, -0.2) is 152 Å². The highest BCUT2D eigenvalue weighted by Crippen LogP contribution is 2.39. The maximum Gasteiger partial charge on any atom is 0.235 e. The molecule has 0 aliphatic heterocycles. The Morgan fingerprint density at radius 2 is 0.549 bits per heavy atom. The number of nitrogens with zero attached hydrogens (tertiary/aromatic N) is 12. The van der Waals surface area contributed by atoms with Gasteiger partial charge in [-0.1, -0.05) is 90.1 Å². The second-order valence-electron chi connectivity index (χ2n) is 33.9. The molecule has 10 atom stereocenters. The molecule has 0 saturated carbocycles. The Hall–Kier alpha value is -11.2. The van der Waals surface area contributed by atoms with Crippen molar-refractivity contribution in [2.75, 3.05) is 0 Å². The van der Waals surface area contributed by atoms with Gasteiger partial charge in [-0.3, -0.25) is 57.8 Å². The first-order valence-corrected chi connectivity index (χ1v) is 41.4. The van der Waals surface area contributed by atoms with Crippen molar-refractivity contribution in [2.45, 2.75) is 252 Å². The van der Waals surface area contributed by atoms with Crippen LogP contribution in [0.4, 0.5) is 17.6 Å². The Morgan fingerprint density at radius 1 is 0.336 bits per heavy atom. The molecule has 8 heterocycles. The van der Waals surface area contributed by atoms with E-state index in [-0.39, 0.29) is 84.8 Å². The van der Waals surface area contributed by atoms with E-state index >= 15 is 0 Å². The number of aliphatic hydroxyl groups is 4. The van der Waals surface area contributed by atoms with Crippen LogP contribution in [-0.2, 0) is 0 Å². The fourth-order valence-electron chi connectivity index (χ4n) is 13.1. The summed E-state index contributed by atoms with van der Waals surface area (Å²) >= 11 is 0. The largest absolute Gasteiger partial charge is 0.461 e. The number of ether oxygens (including phenoxy) is 4. The minimum Gasteiger partial charge on any atom is -0.461 e. The van der Waals surface area contributed by atoms with Gasteiger partial charge in [0.1, 0.15) is 67.8 Å². The molecule has 0 spiro atoms. The summed E-state index contributed by atoms with van der Waals surface area (Å²) in [4.78, 5) is 69.3. The summed E-state index contributed by atoms with van der Waals surface area (Å²) in [5, 5.41) is 58.2. The number of Topliss-reactive ketones (excluding diaryl/α,β-unsaturated/α-hetero) is 4. The molecule has 0 amide bonds. The summed E-state index contributed by atoms with van der Waals surface area (Å²) in [5.41, 5.74) is 12.1. The van der Waals surface area contributed by atoms with E-state index in [0.29, 0.717) is 90.1 Å². The molecule has 28 heteroatoms. The predicted molar refractivity (Wildman–Crippen MR) is 467 cm³/mol. The highest BCUT2D eigenvalue weighted by atomic mass is 19.2. The number of benzene rings is 4. The zero-order valence-corrected chi connectivity index (χ0v) is 73.7. The fraction of sp³-hybridized carbons (Fsp3) is 0.447. The van der Waals surface area contributed by atoms with Crippen molar-refractivity contribution in [1.82, 2.24) is 59.1 Å². The lowest BCUT2D eigenvalue weighted by atomic mass is 9.81. The standard InChI is InChI=1S/2C24H30FN3O3.2C23H28FN3O3/c2*1-14(2)28-20-11-18(21(30)12-24(5,6)15(3)29)13-26-23(20)22(27-28)17-8-7-9-19(10-17)31-16(4)25;2*1-13(2)27-20-11-18(21(29)9-14(3)15(4)28)12-25-23(20)22(26-27)17-7-6-8-19(10-17)30-16(5)24/h2*7-11,13-16,29H,12H2,1-6H3;2*6-8,10-16,28H,9H2,1-5H3/t2*15-,16?;14-,15+,16?;14-,15-,16?/m1001/s1. The number of aromatic nitrogens is 12. The van der Waals surface area contributed by atoms with Crippen LogP contribution in [0, 0.1) is 22.7 Å². The third-order valence-corrected chi connectivity index (χ3v) is 21.2. The number of carbonyl (C=O) groups is 4. The zero-order valence-electron chi connectivity index (χ0n) is 73.7. The van der Waals surface area contributed by atoms with Gasteiger partial charge in [0, 0.05) is 147 Å². The second kappa shape index (κ2) is 40.7. The normalized spacial score (nSPS) is 14.4. The van der Waals surface area contributed by atoms with E-state index in [2.05, 4.69) is 19.9 Å². The Morgan fingerprint density at radius 3 is 0.738 bits per heavy atom. The molecule has 24 nitrogen and oxygen atoms in total. The molecule has 0 fully saturated rings. The minimum atomic E-state index is -1.42. The fourth-order valence-corrected chi connectivity index (χ4v) is 13.1. The van der Waals surface area contributed by atoms with Crippen molar-refractivity contribution in [3.8, 4) is 68.0 Å². The zero-order chi connectivity index (χ0) is 89.8. The first-order chi connectivity index (χ1) is 57.3. The van der Waals surface area contributed by atoms with E-state index in [1.165, 1.54) is 27.7 Å². The van der Waals surface area contributed by atoms with Crippen LogP contribution in [0.15, 0.2) is 146 Å². The van der Waals surface area contributed by atoms with Gasteiger partial charge in [-0.05, 0) is 179 Å². The van der Waals surface area contributed by atoms with Crippen molar-refractivity contribution < 1.29 is 76.1 Å². The summed E-state index contributed by atoms with van der Waals surface area (Å²) in [6.45, 7) is 39.3. The number of pyridine rings is 4. The van der Waals surface area contributed by atoms with Crippen molar-refractivity contribution in [1.29, 1.82) is 0 Å². The van der Waals surface area contributed by atoms with E-state index in [1.54, 1.807) is 137 Å². The van der Waals surface area contributed by atoms with Gasteiger partial charge in [0.05, 0.1) is 46.5 Å². The number of hydrogen-bond donors (Lipinski definition) is 4. The van der Waals surface area contributed by atoms with Gasteiger partial charge in [-0.15, -0.1) is 0 Å². The molecule has 4 unspecified atom stereocenters. The molecule has 4 N–H and O–H groups in total. The highest BCUT2D eigenvalue weighted by Gasteiger charge is 2.32. The number of ketones is 4. The summed E-state index contributed by atoms with van der Waals surface area (Å²) in [5.74, 6) is 1.07. The molecule has 4 aromatic carbocycles. The Labute approximate surface area is 710 Å². The van der Waals surface area contributed by atoms with Gasteiger partial charge in [0.2, 0.25) is 25.4 Å². The maximum absolute atomic E-state index is 13.3. The Bertz CT molecular complexity index is 5280. The minimum absolute atomic E-state index is 0.0441. The average Bonchev–Trinajstić information content (AvgIpc) is 1.62. The van der Waals surface area contributed by atoms with Gasteiger partial charge in [0.25, 0.3) is 0 Å². The number of aliphatic hydroxyl groups excluding tert-OH is 4. The molecule has 12 rings (SSSR count). The molecule has 0 bridgehead atoms. The van der Waals surface area contributed by atoms with Crippen molar-refractivity contribution >= 4 is 67.3 Å². The Kier molecular flexibility index (Phi) is 31.5. The molecular weight excluding hydrogens is 1570 g/mol. The summed E-state index contributed by atoms with van der Waals surface area (Å²) in [6, 6.07) is 35.7. The number of halogens is 4. The maximum atomic E-state index is 13.3. The van der Waals surface area contributed by atoms with E-state index in [9.17, 15) is 57.2 Å². The SMILES string of the molecule is CC(F)Oc1cccc(-c2nn(C(C)C)c3cc(C(=O)CC(C)(C)[C@@H](C)O)cnc23)c1.CC(F)Oc1cccc(-c2nn(C(C)C)c3cc(C(=O)CC(C)(C)[C@H](C)O)cnc23)c1.CC(F)Oc1cccc(-c2nn(C(C)C)c3cc(C(=O)C[C@@H](C)[C@@H](C)O)cnc23)c1.CC(F)Oc1cccc(-c2nn(C(C)C)c3cc(C(=O)C[C@H](C)[C@@H](C)O)cnc23)c1. The van der Waals surface area contributed by atoms with Crippen LogP contribution in [0.25, 0.3) is 89.2 Å². The molecule has 0 saturated heterocycles. The monoisotopic (exact) mass is 1680 g/mol. The molecule has 0 radical (unpaired) electrons. The van der Waals surface area contributed by atoms with Crippen LogP contribution >= 0.6 is 0 Å². The lowest BCUT2D eigenvalue weighted by Gasteiger charge is -2.27. The van der Waals surface area contributed by atoms with Crippen molar-refractivity contribution in [3.05, 3.63) is 168 Å². The van der Waals surface area contributed by atoms with Gasteiger partial charge < -0.3 is 39.4 Å². The van der Waals surface area contributed by atoms with Crippen LogP contribution < -0.4 is 18.9 Å². The molecular formula is C94H116F4N12O12. The van der Waals surface area contributed by atoms with E-state index < -0.39 is 60.7 Å². The van der Waals surface area contributed by atoms with Crippen LogP contribution in [0.3, 0.4) is 0 Å². The molecule has 652 valence electrons. The van der Waals surface area contributed by atoms with Gasteiger partial charge >= 0.3 is 0 Å². The quantitative estimate of drug-likeness (QED) is 0.0225. The van der Waals surface area contributed by atoms with Gasteiger partial charge in [-0.2, -0.15) is 20.4 Å². The number of alkyl halides is 4. The number of rotatable bonds is 32. The second-order valence-corrected chi connectivity index (χ2v) is 33.9. The van der Waals surface area contributed by atoms with Crippen LogP contribution in [0.2, 0.25) is 0 Å². The summed E-state index contributed by atoms with van der Waals surface area (Å²) in [7, 11) is 0. The summed E-state index contributed by atoms with van der Waals surface area (Å²) in [6.07, 6.45) is -0.864. The van der Waals surface area contributed by atoms with Crippen LogP contribution in [0.1, 0.15) is 244 Å². The van der Waals surface area contributed by atoms with Gasteiger partial charge in [0.15, 0.2) is 23.1 Å². The topological polar surface area (TPSA) is 309 Å². The van der Waals surface area contributed by atoms with E-state index in [0.717, 1.165) is 44.3 Å². The average molecular weight is 1680 g/mol. The lowest BCUT2D eigenvalue weighted by Crippen LogP contribution is -2.29. The van der Waals surface area contributed by atoms with E-state index in [1.807, 2.05) is 152 Å². The first-order valence-electron chi connectivity index (χ1n) is 41.4. The molecule has 0 aliphatic rings. The van der Waals surface area contributed by atoms with Crippen LogP contribution in [0.5, 0.6) is 23.0 Å². The molecule has 8 aromatic heterocycles. The van der Waals surface area contributed by atoms with E-state index in [4.69, 9.17) is 39.3 Å². The smallest absolute Gasteiger partial charge is 0.235 e. The number of carbonyl (C=O) groups excluding carboxylic acids is 4. The van der Waals surface area contributed by atoms with Gasteiger partial charge in [-0.25, -0.2) is 17.6 Å².